The molecule has 0 unspecified atom stereocenters. The molecular formula is C12H16BrNO3. The molecule has 1 aromatic rings. The van der Waals surface area contributed by atoms with E-state index in [1.165, 1.54) is 0 Å². The molecular weight excluding hydrogens is 286 g/mol. The van der Waals surface area contributed by atoms with Crippen LogP contribution in [0, 0.1) is 0 Å². The molecule has 0 aromatic heterocycles. The lowest BCUT2D eigenvalue weighted by atomic mass is 10.2. The Morgan fingerprint density at radius 2 is 2.12 bits per heavy atom. The molecule has 0 atom stereocenters. The number of morpholine rings is 1. The van der Waals surface area contributed by atoms with Gasteiger partial charge in [0.1, 0.15) is 0 Å². The van der Waals surface area contributed by atoms with Crippen LogP contribution in [-0.4, -0.2) is 43.4 Å². The Labute approximate surface area is 109 Å². The molecule has 1 fully saturated rings. The van der Waals surface area contributed by atoms with E-state index in [9.17, 15) is 5.11 Å². The summed E-state index contributed by atoms with van der Waals surface area (Å²) in [5.41, 5.74) is 1.12. The Hall–Kier alpha value is -0.780. The zero-order chi connectivity index (χ0) is 12.3. The summed E-state index contributed by atoms with van der Waals surface area (Å²) in [5.74, 6) is 0.654. The van der Waals surface area contributed by atoms with E-state index in [4.69, 9.17) is 9.47 Å². The van der Waals surface area contributed by atoms with Crippen LogP contribution in [0.5, 0.6) is 11.5 Å². The lowest BCUT2D eigenvalue weighted by Crippen LogP contribution is -2.35. The van der Waals surface area contributed by atoms with E-state index in [1.807, 2.05) is 12.1 Å². The van der Waals surface area contributed by atoms with Crippen molar-refractivity contribution >= 4 is 15.9 Å². The minimum absolute atomic E-state index is 0.151. The largest absolute Gasteiger partial charge is 0.503 e. The van der Waals surface area contributed by atoms with Gasteiger partial charge in [0.15, 0.2) is 11.5 Å². The fourth-order valence-corrected chi connectivity index (χ4v) is 2.38. The molecule has 1 heterocycles. The number of phenolic OH excluding ortho intramolecular Hbond substituents is 1. The predicted molar refractivity (Wildman–Crippen MR) is 68.5 cm³/mol. The van der Waals surface area contributed by atoms with Crippen molar-refractivity contribution in [1.82, 2.24) is 4.90 Å². The molecule has 94 valence electrons. The van der Waals surface area contributed by atoms with Crippen molar-refractivity contribution in [3.05, 3.63) is 22.2 Å². The number of hydrogen-bond acceptors (Lipinski definition) is 4. The monoisotopic (exact) mass is 301 g/mol. The predicted octanol–water partition coefficient (Wildman–Crippen LogP) is 2.00. The molecule has 0 saturated carbocycles. The third-order valence-corrected chi connectivity index (χ3v) is 3.42. The molecule has 1 aromatic carbocycles. The van der Waals surface area contributed by atoms with Gasteiger partial charge in [-0.25, -0.2) is 0 Å². The van der Waals surface area contributed by atoms with Crippen molar-refractivity contribution < 1.29 is 14.6 Å². The van der Waals surface area contributed by atoms with Gasteiger partial charge in [-0.05, 0) is 33.6 Å². The highest BCUT2D eigenvalue weighted by atomic mass is 79.9. The van der Waals surface area contributed by atoms with Crippen molar-refractivity contribution in [2.24, 2.45) is 0 Å². The molecule has 5 heteroatoms. The van der Waals surface area contributed by atoms with Crippen LogP contribution >= 0.6 is 15.9 Å². The lowest BCUT2D eigenvalue weighted by Gasteiger charge is -2.26. The number of rotatable bonds is 3. The van der Waals surface area contributed by atoms with E-state index >= 15 is 0 Å². The molecule has 1 aliphatic heterocycles. The summed E-state index contributed by atoms with van der Waals surface area (Å²) in [4.78, 5) is 2.32. The van der Waals surface area contributed by atoms with E-state index in [-0.39, 0.29) is 5.75 Å². The van der Waals surface area contributed by atoms with Crippen LogP contribution in [0.4, 0.5) is 0 Å². The summed E-state index contributed by atoms with van der Waals surface area (Å²) < 4.78 is 11.1. The maximum absolute atomic E-state index is 9.72. The number of aromatic hydroxyl groups is 1. The maximum Gasteiger partial charge on any atom is 0.172 e. The highest BCUT2D eigenvalue weighted by Gasteiger charge is 2.13. The number of methoxy groups -OCH3 is 1. The second-order valence-electron chi connectivity index (χ2n) is 4.02. The summed E-state index contributed by atoms with van der Waals surface area (Å²) in [5, 5.41) is 9.72. The number of phenols is 1. The molecule has 0 amide bonds. The normalized spacial score (nSPS) is 17.1. The SMILES string of the molecule is COc1cc(CN2CCOCC2)cc(Br)c1O. The quantitative estimate of drug-likeness (QED) is 0.927. The van der Waals surface area contributed by atoms with Crippen molar-refractivity contribution in [3.63, 3.8) is 0 Å². The van der Waals surface area contributed by atoms with E-state index < -0.39 is 0 Å². The van der Waals surface area contributed by atoms with Gasteiger partial charge in [-0.2, -0.15) is 0 Å². The second-order valence-corrected chi connectivity index (χ2v) is 4.87. The Bertz CT molecular complexity index is 392. The van der Waals surface area contributed by atoms with Crippen molar-refractivity contribution in [3.8, 4) is 11.5 Å². The third kappa shape index (κ3) is 3.12. The number of nitrogens with zero attached hydrogens (tertiary/aromatic N) is 1. The summed E-state index contributed by atoms with van der Waals surface area (Å²) in [7, 11) is 1.56. The van der Waals surface area contributed by atoms with Crippen LogP contribution in [0.3, 0.4) is 0 Å². The molecule has 1 aliphatic rings. The van der Waals surface area contributed by atoms with Gasteiger partial charge in [0, 0.05) is 19.6 Å². The molecule has 1 N–H and O–H groups in total. The molecule has 0 bridgehead atoms. The first-order valence-electron chi connectivity index (χ1n) is 5.56. The van der Waals surface area contributed by atoms with Crippen LogP contribution in [0.2, 0.25) is 0 Å². The summed E-state index contributed by atoms with van der Waals surface area (Å²) in [6.45, 7) is 4.31. The molecule has 4 nitrogen and oxygen atoms in total. The van der Waals surface area contributed by atoms with Gasteiger partial charge in [0.05, 0.1) is 24.8 Å². The van der Waals surface area contributed by atoms with Crippen LogP contribution < -0.4 is 4.74 Å². The van der Waals surface area contributed by atoms with Crippen LogP contribution in [0.25, 0.3) is 0 Å². The number of halogens is 1. The minimum atomic E-state index is 0.151. The number of hydrogen-bond donors (Lipinski definition) is 1. The lowest BCUT2D eigenvalue weighted by molar-refractivity contribution is 0.0341. The van der Waals surface area contributed by atoms with Gasteiger partial charge in [-0.15, -0.1) is 0 Å². The molecule has 0 spiro atoms. The standard InChI is InChI=1S/C12H16BrNO3/c1-16-11-7-9(6-10(13)12(11)15)8-14-2-4-17-5-3-14/h6-7,15H,2-5,8H2,1H3. The summed E-state index contributed by atoms with van der Waals surface area (Å²) in [6.07, 6.45) is 0. The Morgan fingerprint density at radius 1 is 1.41 bits per heavy atom. The van der Waals surface area contributed by atoms with Gasteiger partial charge in [0.25, 0.3) is 0 Å². The average molecular weight is 302 g/mol. The van der Waals surface area contributed by atoms with E-state index in [1.54, 1.807) is 7.11 Å². The van der Waals surface area contributed by atoms with Gasteiger partial charge >= 0.3 is 0 Å². The number of ether oxygens (including phenoxy) is 2. The third-order valence-electron chi connectivity index (χ3n) is 2.82. The Morgan fingerprint density at radius 3 is 2.76 bits per heavy atom. The van der Waals surface area contributed by atoms with Crippen LogP contribution in [0.15, 0.2) is 16.6 Å². The van der Waals surface area contributed by atoms with E-state index in [2.05, 4.69) is 20.8 Å². The van der Waals surface area contributed by atoms with Crippen LogP contribution in [-0.2, 0) is 11.3 Å². The smallest absolute Gasteiger partial charge is 0.172 e. The fourth-order valence-electron chi connectivity index (χ4n) is 1.89. The molecule has 1 saturated heterocycles. The summed E-state index contributed by atoms with van der Waals surface area (Å²) in [6, 6.07) is 3.79. The zero-order valence-electron chi connectivity index (χ0n) is 9.78. The number of benzene rings is 1. The zero-order valence-corrected chi connectivity index (χ0v) is 11.4. The molecule has 0 radical (unpaired) electrons. The first-order chi connectivity index (χ1) is 8.20. The molecule has 0 aliphatic carbocycles. The highest BCUT2D eigenvalue weighted by molar-refractivity contribution is 9.10. The van der Waals surface area contributed by atoms with E-state index in [0.717, 1.165) is 38.4 Å². The minimum Gasteiger partial charge on any atom is -0.503 e. The Balaban J connectivity index is 2.12. The van der Waals surface area contributed by atoms with Crippen molar-refractivity contribution in [1.29, 1.82) is 0 Å². The molecule has 2 rings (SSSR count). The summed E-state index contributed by atoms with van der Waals surface area (Å²) >= 11 is 3.33. The average Bonchev–Trinajstić information content (AvgIpc) is 2.35. The van der Waals surface area contributed by atoms with Gasteiger partial charge in [-0.1, -0.05) is 0 Å². The highest BCUT2D eigenvalue weighted by Crippen LogP contribution is 2.35. The van der Waals surface area contributed by atoms with Gasteiger partial charge in [0.2, 0.25) is 0 Å². The van der Waals surface area contributed by atoms with Crippen molar-refractivity contribution in [2.75, 3.05) is 33.4 Å². The van der Waals surface area contributed by atoms with Crippen molar-refractivity contribution in [2.45, 2.75) is 6.54 Å². The maximum atomic E-state index is 9.72. The first-order valence-corrected chi connectivity index (χ1v) is 6.35. The molecule has 17 heavy (non-hydrogen) atoms. The topological polar surface area (TPSA) is 41.9 Å². The first kappa shape index (κ1) is 12.7. The van der Waals surface area contributed by atoms with E-state index in [0.29, 0.717) is 10.2 Å². The fraction of sp³-hybridized carbons (Fsp3) is 0.500. The van der Waals surface area contributed by atoms with Gasteiger partial charge < -0.3 is 14.6 Å². The second kappa shape index (κ2) is 5.71. The van der Waals surface area contributed by atoms with Crippen LogP contribution in [0.1, 0.15) is 5.56 Å². The van der Waals surface area contributed by atoms with Gasteiger partial charge in [-0.3, -0.25) is 4.90 Å². The Kier molecular flexibility index (Phi) is 4.25.